The summed E-state index contributed by atoms with van der Waals surface area (Å²) in [6, 6.07) is 1.91. The van der Waals surface area contributed by atoms with Gasteiger partial charge < -0.3 is 15.5 Å². The lowest BCUT2D eigenvalue weighted by Gasteiger charge is -2.29. The molecular formula is C19H22F3N9. The smallest absolute Gasteiger partial charge is 0.235 e. The molecule has 12 heteroatoms. The summed E-state index contributed by atoms with van der Waals surface area (Å²) in [5.41, 5.74) is 0.880. The van der Waals surface area contributed by atoms with Crippen molar-refractivity contribution in [2.24, 2.45) is 0 Å². The van der Waals surface area contributed by atoms with Crippen molar-refractivity contribution in [1.82, 2.24) is 30.1 Å². The summed E-state index contributed by atoms with van der Waals surface area (Å²) >= 11 is 0. The predicted molar refractivity (Wildman–Crippen MR) is 109 cm³/mol. The molecule has 4 heterocycles. The van der Waals surface area contributed by atoms with Crippen LogP contribution >= 0.6 is 0 Å². The van der Waals surface area contributed by atoms with E-state index in [4.69, 9.17) is 0 Å². The van der Waals surface area contributed by atoms with Crippen LogP contribution < -0.4 is 15.5 Å². The number of aryl methyl sites for hydroxylation is 1. The molecule has 0 amide bonds. The van der Waals surface area contributed by atoms with Gasteiger partial charge in [0, 0.05) is 30.9 Å². The first-order valence-electron chi connectivity index (χ1n) is 9.89. The van der Waals surface area contributed by atoms with Crippen molar-refractivity contribution in [1.29, 1.82) is 0 Å². The van der Waals surface area contributed by atoms with Crippen LogP contribution in [0.5, 0.6) is 0 Å². The van der Waals surface area contributed by atoms with E-state index in [1.807, 2.05) is 11.8 Å². The molecule has 0 aromatic carbocycles. The molecule has 3 N–H and O–H groups in total. The van der Waals surface area contributed by atoms with Gasteiger partial charge in [-0.2, -0.15) is 20.1 Å². The molecule has 3 aromatic heterocycles. The number of hydrogen-bond donors (Lipinski definition) is 3. The standard InChI is InChI=1S/C19H22F3N9/c1-10-7-15(30-29-10)25-18-26-17(24-11(2)16-14(22)8-13(21)9-23-16)27-19(28-18)31-5-3-12(20)4-6-31/h7-9,11-12H,3-6H2,1-2H3,(H3,24,25,26,27,28,29,30). The van der Waals surface area contributed by atoms with Crippen LogP contribution in [-0.2, 0) is 0 Å². The van der Waals surface area contributed by atoms with Gasteiger partial charge in [0.1, 0.15) is 17.8 Å². The molecule has 1 unspecified atom stereocenters. The van der Waals surface area contributed by atoms with Crippen LogP contribution in [0.1, 0.15) is 37.2 Å². The molecule has 31 heavy (non-hydrogen) atoms. The summed E-state index contributed by atoms with van der Waals surface area (Å²) in [6.45, 7) is 4.45. The Morgan fingerprint density at radius 3 is 2.55 bits per heavy atom. The summed E-state index contributed by atoms with van der Waals surface area (Å²) in [5, 5.41) is 12.9. The SMILES string of the molecule is Cc1cc(Nc2nc(NC(C)c3ncc(F)cc3F)nc(N3CCC(F)CC3)n2)n[nH]1. The van der Waals surface area contributed by atoms with Gasteiger partial charge in [-0.3, -0.25) is 10.1 Å². The lowest BCUT2D eigenvalue weighted by molar-refractivity contribution is 0.276. The van der Waals surface area contributed by atoms with Gasteiger partial charge in [-0.15, -0.1) is 0 Å². The van der Waals surface area contributed by atoms with Crippen molar-refractivity contribution in [3.63, 3.8) is 0 Å². The summed E-state index contributed by atoms with van der Waals surface area (Å²) < 4.78 is 40.9. The molecule has 1 aliphatic heterocycles. The number of H-pyrrole nitrogens is 1. The molecule has 164 valence electrons. The summed E-state index contributed by atoms with van der Waals surface area (Å²) in [7, 11) is 0. The van der Waals surface area contributed by atoms with Gasteiger partial charge in [-0.1, -0.05) is 0 Å². The van der Waals surface area contributed by atoms with E-state index in [2.05, 4.69) is 40.8 Å². The van der Waals surface area contributed by atoms with Crippen LogP contribution in [0.25, 0.3) is 0 Å². The Hall–Kier alpha value is -3.44. The molecule has 0 bridgehead atoms. The highest BCUT2D eigenvalue weighted by Crippen LogP contribution is 2.24. The number of halogens is 3. The molecule has 0 saturated carbocycles. The van der Waals surface area contributed by atoms with E-state index in [1.165, 1.54) is 0 Å². The van der Waals surface area contributed by atoms with Crippen molar-refractivity contribution in [2.75, 3.05) is 28.6 Å². The molecule has 4 rings (SSSR count). The Bertz CT molecular complexity index is 1050. The van der Waals surface area contributed by atoms with Gasteiger partial charge in [0.05, 0.1) is 17.9 Å². The van der Waals surface area contributed by atoms with Crippen LogP contribution in [0.4, 0.5) is 36.8 Å². The molecular weight excluding hydrogens is 411 g/mol. The fourth-order valence-electron chi connectivity index (χ4n) is 3.28. The van der Waals surface area contributed by atoms with Crippen molar-refractivity contribution in [3.8, 4) is 0 Å². The van der Waals surface area contributed by atoms with E-state index < -0.39 is 23.8 Å². The second-order valence-corrected chi connectivity index (χ2v) is 7.39. The van der Waals surface area contributed by atoms with Crippen LogP contribution in [0, 0.1) is 18.6 Å². The maximum Gasteiger partial charge on any atom is 0.235 e. The first kappa shape index (κ1) is 20.8. The number of hydrogen-bond acceptors (Lipinski definition) is 8. The number of rotatable bonds is 6. The van der Waals surface area contributed by atoms with E-state index in [0.29, 0.717) is 37.7 Å². The highest BCUT2D eigenvalue weighted by molar-refractivity contribution is 5.52. The average molecular weight is 433 g/mol. The zero-order chi connectivity index (χ0) is 22.0. The Balaban J connectivity index is 1.61. The lowest BCUT2D eigenvalue weighted by atomic mass is 10.1. The van der Waals surface area contributed by atoms with Gasteiger partial charge in [0.15, 0.2) is 5.82 Å². The maximum absolute atomic E-state index is 14.1. The van der Waals surface area contributed by atoms with Crippen LogP contribution in [0.2, 0.25) is 0 Å². The van der Waals surface area contributed by atoms with Gasteiger partial charge >= 0.3 is 0 Å². The summed E-state index contributed by atoms with van der Waals surface area (Å²) in [6.07, 6.45) is 0.879. The van der Waals surface area contributed by atoms with E-state index in [9.17, 15) is 13.2 Å². The molecule has 0 radical (unpaired) electrons. The third kappa shape index (κ3) is 5.01. The lowest BCUT2D eigenvalue weighted by Crippen LogP contribution is -2.35. The van der Waals surface area contributed by atoms with Gasteiger partial charge in [-0.25, -0.2) is 13.2 Å². The second-order valence-electron chi connectivity index (χ2n) is 7.39. The van der Waals surface area contributed by atoms with Crippen molar-refractivity contribution in [3.05, 3.63) is 41.4 Å². The largest absolute Gasteiger partial charge is 0.346 e. The molecule has 3 aromatic rings. The van der Waals surface area contributed by atoms with Crippen LogP contribution in [-0.4, -0.2) is 49.4 Å². The van der Waals surface area contributed by atoms with E-state index >= 15 is 0 Å². The number of nitrogens with one attached hydrogen (secondary N) is 3. The monoisotopic (exact) mass is 433 g/mol. The van der Waals surface area contributed by atoms with Crippen LogP contribution in [0.3, 0.4) is 0 Å². The summed E-state index contributed by atoms with van der Waals surface area (Å²) in [5.74, 6) is -0.264. The number of nitrogens with zero attached hydrogens (tertiary/aromatic N) is 6. The zero-order valence-electron chi connectivity index (χ0n) is 17.0. The normalized spacial score (nSPS) is 15.7. The minimum absolute atomic E-state index is 0.0269. The van der Waals surface area contributed by atoms with Crippen molar-refractivity contribution < 1.29 is 13.2 Å². The second kappa shape index (κ2) is 8.74. The van der Waals surface area contributed by atoms with Crippen LogP contribution in [0.15, 0.2) is 18.3 Å². The van der Waals surface area contributed by atoms with Gasteiger partial charge in [0.2, 0.25) is 17.8 Å². The van der Waals surface area contributed by atoms with Gasteiger partial charge in [-0.05, 0) is 26.7 Å². The van der Waals surface area contributed by atoms with E-state index in [1.54, 1.807) is 13.0 Å². The fraction of sp³-hybridized carbons (Fsp3) is 0.421. The third-order valence-electron chi connectivity index (χ3n) is 4.87. The van der Waals surface area contributed by atoms with Crippen molar-refractivity contribution in [2.45, 2.75) is 38.9 Å². The first-order valence-corrected chi connectivity index (χ1v) is 9.89. The van der Waals surface area contributed by atoms with E-state index in [0.717, 1.165) is 18.0 Å². The Kier molecular flexibility index (Phi) is 5.87. The Labute approximate surface area is 176 Å². The molecule has 1 fully saturated rings. The number of alkyl halides is 1. The molecule has 1 atom stereocenters. The molecule has 1 aliphatic rings. The first-order chi connectivity index (χ1) is 14.9. The number of aromatic amines is 1. The van der Waals surface area contributed by atoms with Crippen molar-refractivity contribution >= 4 is 23.7 Å². The highest BCUT2D eigenvalue weighted by Gasteiger charge is 2.23. The number of pyridine rings is 1. The fourth-order valence-corrected chi connectivity index (χ4v) is 3.28. The average Bonchev–Trinajstić information content (AvgIpc) is 3.12. The van der Waals surface area contributed by atoms with Gasteiger partial charge in [0.25, 0.3) is 0 Å². The Morgan fingerprint density at radius 1 is 1.13 bits per heavy atom. The molecule has 1 saturated heterocycles. The van der Waals surface area contributed by atoms with E-state index in [-0.39, 0.29) is 17.6 Å². The zero-order valence-corrected chi connectivity index (χ0v) is 17.0. The minimum Gasteiger partial charge on any atom is -0.346 e. The molecule has 9 nitrogen and oxygen atoms in total. The highest BCUT2D eigenvalue weighted by atomic mass is 19.1. The maximum atomic E-state index is 14.1. The molecule has 0 aliphatic carbocycles. The molecule has 0 spiro atoms. The Morgan fingerprint density at radius 2 is 1.87 bits per heavy atom. The number of piperidine rings is 1. The third-order valence-corrected chi connectivity index (χ3v) is 4.87. The topological polar surface area (TPSA) is 108 Å². The predicted octanol–water partition coefficient (Wildman–Crippen LogP) is 3.43. The minimum atomic E-state index is -0.840. The number of aromatic nitrogens is 6. The number of anilines is 4. The quantitative estimate of drug-likeness (QED) is 0.543. The summed E-state index contributed by atoms with van der Waals surface area (Å²) in [4.78, 5) is 18.9.